The van der Waals surface area contributed by atoms with Crippen LogP contribution in [-0.2, 0) is 4.79 Å². The lowest BCUT2D eigenvalue weighted by Crippen LogP contribution is -2.31. The van der Waals surface area contributed by atoms with Crippen molar-refractivity contribution in [3.63, 3.8) is 0 Å². The van der Waals surface area contributed by atoms with Crippen molar-refractivity contribution in [2.75, 3.05) is 13.2 Å². The van der Waals surface area contributed by atoms with Crippen molar-refractivity contribution < 1.29 is 9.53 Å². The molecule has 0 radical (unpaired) electrons. The average molecular weight is 256 g/mol. The molecule has 0 unspecified atom stereocenters. The summed E-state index contributed by atoms with van der Waals surface area (Å²) in [4.78, 5) is 11.3. The van der Waals surface area contributed by atoms with E-state index in [1.807, 2.05) is 32.9 Å². The number of hydrogen-bond donors (Lipinski definition) is 1. The zero-order valence-electron chi connectivity index (χ0n) is 10.4. The number of hydrogen-bond acceptors (Lipinski definition) is 2. The van der Waals surface area contributed by atoms with E-state index < -0.39 is 0 Å². The number of halogens is 1. The van der Waals surface area contributed by atoms with Crippen LogP contribution in [0.15, 0.2) is 18.2 Å². The molecule has 94 valence electrons. The second-order valence-corrected chi connectivity index (χ2v) is 4.64. The molecule has 0 aliphatic heterocycles. The molecular weight excluding hydrogens is 238 g/mol. The fourth-order valence-electron chi connectivity index (χ4n) is 1.26. The van der Waals surface area contributed by atoms with Gasteiger partial charge in [0.1, 0.15) is 12.4 Å². The van der Waals surface area contributed by atoms with E-state index in [0.717, 1.165) is 5.56 Å². The van der Waals surface area contributed by atoms with Crippen molar-refractivity contribution in [3.05, 3.63) is 28.8 Å². The Hall–Kier alpha value is -1.22. The summed E-state index contributed by atoms with van der Waals surface area (Å²) in [6, 6.07) is 5.61. The highest BCUT2D eigenvalue weighted by Gasteiger charge is 2.06. The molecule has 3 nitrogen and oxygen atoms in total. The van der Waals surface area contributed by atoms with E-state index in [2.05, 4.69) is 5.32 Å². The van der Waals surface area contributed by atoms with Gasteiger partial charge in [-0.05, 0) is 24.6 Å². The fourth-order valence-corrected chi connectivity index (χ4v) is 1.43. The first-order chi connectivity index (χ1) is 8.00. The van der Waals surface area contributed by atoms with Gasteiger partial charge in [-0.3, -0.25) is 4.79 Å². The Morgan fingerprint density at radius 1 is 1.47 bits per heavy atom. The van der Waals surface area contributed by atoms with Crippen molar-refractivity contribution in [2.45, 2.75) is 20.8 Å². The Labute approximate surface area is 107 Å². The lowest BCUT2D eigenvalue weighted by molar-refractivity contribution is -0.124. The lowest BCUT2D eigenvalue weighted by atomic mass is 10.2. The normalized spacial score (nSPS) is 10.4. The number of benzene rings is 1. The largest absolute Gasteiger partial charge is 0.490 e. The predicted molar refractivity (Wildman–Crippen MR) is 69.5 cm³/mol. The van der Waals surface area contributed by atoms with Crippen LogP contribution in [0.5, 0.6) is 5.75 Å². The molecule has 1 amide bonds. The summed E-state index contributed by atoms with van der Waals surface area (Å²) in [5, 5.41) is 3.37. The number of rotatable bonds is 5. The molecule has 1 N–H and O–H groups in total. The molecule has 0 fully saturated rings. The van der Waals surface area contributed by atoms with Crippen LogP contribution in [0.1, 0.15) is 19.4 Å². The highest BCUT2D eigenvalue weighted by atomic mass is 35.5. The maximum atomic E-state index is 11.3. The Bertz CT molecular complexity index is 391. The van der Waals surface area contributed by atoms with E-state index in [1.54, 1.807) is 6.07 Å². The van der Waals surface area contributed by atoms with Crippen LogP contribution in [0.2, 0.25) is 5.02 Å². The Morgan fingerprint density at radius 3 is 2.82 bits per heavy atom. The molecule has 4 heteroatoms. The summed E-state index contributed by atoms with van der Waals surface area (Å²) < 4.78 is 5.50. The molecule has 0 saturated carbocycles. The lowest BCUT2D eigenvalue weighted by Gasteiger charge is -2.10. The first-order valence-corrected chi connectivity index (χ1v) is 6.05. The van der Waals surface area contributed by atoms with Crippen molar-refractivity contribution in [2.24, 2.45) is 5.92 Å². The van der Waals surface area contributed by atoms with Crippen LogP contribution in [-0.4, -0.2) is 19.1 Å². The molecule has 0 aliphatic carbocycles. The topological polar surface area (TPSA) is 38.3 Å². The molecule has 1 aromatic carbocycles. The third-order valence-corrected chi connectivity index (χ3v) is 2.58. The standard InChI is InChI=1S/C13H18ClNO2/c1-9(2)13(16)15-6-7-17-12-8-10(3)4-5-11(12)14/h4-5,8-9H,6-7H2,1-3H3,(H,15,16). The highest BCUT2D eigenvalue weighted by molar-refractivity contribution is 6.32. The minimum Gasteiger partial charge on any atom is -0.490 e. The summed E-state index contributed by atoms with van der Waals surface area (Å²) in [6.45, 7) is 6.59. The second kappa shape index (κ2) is 6.50. The van der Waals surface area contributed by atoms with Crippen LogP contribution in [0.25, 0.3) is 0 Å². The Morgan fingerprint density at radius 2 is 2.18 bits per heavy atom. The van der Waals surface area contributed by atoms with Gasteiger partial charge in [-0.25, -0.2) is 0 Å². The van der Waals surface area contributed by atoms with Crippen LogP contribution in [0.3, 0.4) is 0 Å². The number of nitrogens with one attached hydrogen (secondary N) is 1. The third-order valence-electron chi connectivity index (χ3n) is 2.27. The van der Waals surface area contributed by atoms with Crippen LogP contribution < -0.4 is 10.1 Å². The van der Waals surface area contributed by atoms with Crippen LogP contribution in [0, 0.1) is 12.8 Å². The van der Waals surface area contributed by atoms with Gasteiger partial charge < -0.3 is 10.1 Å². The van der Waals surface area contributed by atoms with Gasteiger partial charge >= 0.3 is 0 Å². The number of ether oxygens (including phenoxy) is 1. The third kappa shape index (κ3) is 4.65. The van der Waals surface area contributed by atoms with Crippen molar-refractivity contribution >= 4 is 17.5 Å². The number of carbonyl (C=O) groups excluding carboxylic acids is 1. The van der Waals surface area contributed by atoms with E-state index in [4.69, 9.17) is 16.3 Å². The van der Waals surface area contributed by atoms with Gasteiger partial charge in [0.15, 0.2) is 0 Å². The zero-order valence-corrected chi connectivity index (χ0v) is 11.2. The zero-order chi connectivity index (χ0) is 12.8. The summed E-state index contributed by atoms with van der Waals surface area (Å²) in [5.41, 5.74) is 1.09. The molecule has 0 atom stereocenters. The van der Waals surface area contributed by atoms with Crippen molar-refractivity contribution in [3.8, 4) is 5.75 Å². The van der Waals surface area contributed by atoms with E-state index >= 15 is 0 Å². The van der Waals surface area contributed by atoms with Gasteiger partial charge in [0, 0.05) is 5.92 Å². The molecule has 0 heterocycles. The van der Waals surface area contributed by atoms with Gasteiger partial charge in [-0.15, -0.1) is 0 Å². The van der Waals surface area contributed by atoms with Gasteiger partial charge in [-0.1, -0.05) is 31.5 Å². The summed E-state index contributed by atoms with van der Waals surface area (Å²) >= 11 is 5.98. The SMILES string of the molecule is Cc1ccc(Cl)c(OCCNC(=O)C(C)C)c1. The predicted octanol–water partition coefficient (Wildman–Crippen LogP) is 2.80. The smallest absolute Gasteiger partial charge is 0.222 e. The van der Waals surface area contributed by atoms with E-state index in [1.165, 1.54) is 0 Å². The number of aryl methyl sites for hydroxylation is 1. The number of amides is 1. The molecule has 1 rings (SSSR count). The van der Waals surface area contributed by atoms with Crippen LogP contribution in [0.4, 0.5) is 0 Å². The van der Waals surface area contributed by atoms with E-state index in [0.29, 0.717) is 23.9 Å². The molecule has 0 aliphatic rings. The summed E-state index contributed by atoms with van der Waals surface area (Å²) in [7, 11) is 0. The maximum Gasteiger partial charge on any atom is 0.222 e. The highest BCUT2D eigenvalue weighted by Crippen LogP contribution is 2.24. The van der Waals surface area contributed by atoms with Gasteiger partial charge in [0.05, 0.1) is 11.6 Å². The first-order valence-electron chi connectivity index (χ1n) is 5.67. The summed E-state index contributed by atoms with van der Waals surface area (Å²) in [6.07, 6.45) is 0. The maximum absolute atomic E-state index is 11.3. The average Bonchev–Trinajstić information content (AvgIpc) is 2.28. The van der Waals surface area contributed by atoms with E-state index in [-0.39, 0.29) is 11.8 Å². The quantitative estimate of drug-likeness (QED) is 0.822. The van der Waals surface area contributed by atoms with Crippen molar-refractivity contribution in [1.29, 1.82) is 0 Å². The molecule has 0 bridgehead atoms. The monoisotopic (exact) mass is 255 g/mol. The van der Waals surface area contributed by atoms with E-state index in [9.17, 15) is 4.79 Å². The number of carbonyl (C=O) groups is 1. The molecule has 0 saturated heterocycles. The van der Waals surface area contributed by atoms with Gasteiger partial charge in [0.2, 0.25) is 5.91 Å². The van der Waals surface area contributed by atoms with Crippen molar-refractivity contribution in [1.82, 2.24) is 5.32 Å². The Kier molecular flexibility index (Phi) is 5.29. The fraction of sp³-hybridized carbons (Fsp3) is 0.462. The second-order valence-electron chi connectivity index (χ2n) is 4.23. The first kappa shape index (κ1) is 13.8. The minimum absolute atomic E-state index is 0.00226. The molecule has 0 spiro atoms. The van der Waals surface area contributed by atoms with Crippen LogP contribution >= 0.6 is 11.6 Å². The van der Waals surface area contributed by atoms with Gasteiger partial charge in [0.25, 0.3) is 0 Å². The minimum atomic E-state index is -0.00226. The molecule has 17 heavy (non-hydrogen) atoms. The van der Waals surface area contributed by atoms with Gasteiger partial charge in [-0.2, -0.15) is 0 Å². The molecule has 1 aromatic rings. The Balaban J connectivity index is 2.36. The molecular formula is C13H18ClNO2. The molecule has 0 aromatic heterocycles. The summed E-state index contributed by atoms with van der Waals surface area (Å²) in [5.74, 6) is 0.687.